The second-order valence-electron chi connectivity index (χ2n) is 8.18. The van der Waals surface area contributed by atoms with E-state index in [0.29, 0.717) is 28.5 Å². The molecule has 0 heterocycles. The van der Waals surface area contributed by atoms with Gasteiger partial charge in [0, 0.05) is 23.4 Å². The first kappa shape index (κ1) is 24.8. The molecule has 1 atom stereocenters. The zero-order chi connectivity index (χ0) is 23.9. The van der Waals surface area contributed by atoms with Gasteiger partial charge in [0.05, 0.1) is 21.3 Å². The maximum Gasteiger partial charge on any atom is 0.331 e. The minimum Gasteiger partial charge on any atom is -0.496 e. The van der Waals surface area contributed by atoms with Crippen LogP contribution >= 0.6 is 0 Å². The molecule has 2 aromatic rings. The van der Waals surface area contributed by atoms with E-state index >= 15 is 0 Å². The molecular weight excluding hydrogens is 410 g/mol. The van der Waals surface area contributed by atoms with E-state index in [0.717, 1.165) is 5.56 Å². The smallest absolute Gasteiger partial charge is 0.331 e. The second kappa shape index (κ2) is 10.7. The number of methoxy groups -OCH3 is 3. The second-order valence-corrected chi connectivity index (χ2v) is 8.18. The van der Waals surface area contributed by atoms with Crippen molar-refractivity contribution in [2.45, 2.75) is 39.2 Å². The molecule has 7 heteroatoms. The minimum absolute atomic E-state index is 0.0221. The molecule has 0 aliphatic rings. The first-order chi connectivity index (χ1) is 15.1. The van der Waals surface area contributed by atoms with Crippen LogP contribution in [0.3, 0.4) is 0 Å². The van der Waals surface area contributed by atoms with E-state index in [1.165, 1.54) is 40.4 Å². The Balaban J connectivity index is 2.01. The topological polar surface area (TPSA) is 83.1 Å². The number of carbonyl (C=O) groups is 2. The molecule has 0 spiro atoms. The van der Waals surface area contributed by atoms with Gasteiger partial charge in [-0.1, -0.05) is 32.9 Å². The number of hydrogen-bond acceptors (Lipinski definition) is 6. The van der Waals surface area contributed by atoms with Gasteiger partial charge in [0.1, 0.15) is 5.75 Å². The SMILES string of the molecule is COc1cc(OC)c(OC)cc1/C=C/C(=O)O[C@@H](C)C(=O)Nc1ccc(C(C)(C)C)cc1. The van der Waals surface area contributed by atoms with Gasteiger partial charge in [-0.05, 0) is 42.2 Å². The van der Waals surface area contributed by atoms with Crippen LogP contribution in [0.5, 0.6) is 17.2 Å². The van der Waals surface area contributed by atoms with Crippen LogP contribution in [0.25, 0.3) is 6.08 Å². The van der Waals surface area contributed by atoms with Gasteiger partial charge < -0.3 is 24.3 Å². The quantitative estimate of drug-likeness (QED) is 0.476. The largest absolute Gasteiger partial charge is 0.496 e. The van der Waals surface area contributed by atoms with E-state index in [9.17, 15) is 9.59 Å². The predicted molar refractivity (Wildman–Crippen MR) is 124 cm³/mol. The fraction of sp³-hybridized carbons (Fsp3) is 0.360. The molecule has 0 fully saturated rings. The van der Waals surface area contributed by atoms with Crippen molar-refractivity contribution in [3.05, 3.63) is 53.6 Å². The van der Waals surface area contributed by atoms with Gasteiger partial charge in [-0.3, -0.25) is 4.79 Å². The van der Waals surface area contributed by atoms with Crippen molar-refractivity contribution in [1.82, 2.24) is 0 Å². The lowest BCUT2D eigenvalue weighted by Gasteiger charge is -2.19. The Labute approximate surface area is 189 Å². The van der Waals surface area contributed by atoms with Gasteiger partial charge >= 0.3 is 5.97 Å². The van der Waals surface area contributed by atoms with Gasteiger partial charge in [0.15, 0.2) is 17.6 Å². The van der Waals surface area contributed by atoms with Crippen LogP contribution in [0.2, 0.25) is 0 Å². The van der Waals surface area contributed by atoms with Crippen LogP contribution in [0.1, 0.15) is 38.8 Å². The number of anilines is 1. The molecule has 0 unspecified atom stereocenters. The van der Waals surface area contributed by atoms with Crippen LogP contribution in [0, 0.1) is 0 Å². The van der Waals surface area contributed by atoms with E-state index < -0.39 is 18.0 Å². The van der Waals surface area contributed by atoms with Crippen LogP contribution in [0.4, 0.5) is 5.69 Å². The maximum absolute atomic E-state index is 12.4. The molecule has 1 amide bonds. The summed E-state index contributed by atoms with van der Waals surface area (Å²) in [4.78, 5) is 24.6. The van der Waals surface area contributed by atoms with E-state index in [4.69, 9.17) is 18.9 Å². The zero-order valence-corrected chi connectivity index (χ0v) is 19.6. The molecular formula is C25H31NO6. The maximum atomic E-state index is 12.4. The highest BCUT2D eigenvalue weighted by molar-refractivity contribution is 5.96. The van der Waals surface area contributed by atoms with Crippen molar-refractivity contribution in [2.24, 2.45) is 0 Å². The third-order valence-corrected chi connectivity index (χ3v) is 4.82. The van der Waals surface area contributed by atoms with Crippen LogP contribution in [-0.4, -0.2) is 39.3 Å². The van der Waals surface area contributed by atoms with E-state index in [1.807, 2.05) is 24.3 Å². The Bertz CT molecular complexity index is 973. The number of hydrogen-bond donors (Lipinski definition) is 1. The first-order valence-corrected chi connectivity index (χ1v) is 10.2. The summed E-state index contributed by atoms with van der Waals surface area (Å²) in [6.45, 7) is 7.87. The summed E-state index contributed by atoms with van der Waals surface area (Å²) in [5.41, 5.74) is 2.41. The van der Waals surface area contributed by atoms with E-state index in [1.54, 1.807) is 12.1 Å². The van der Waals surface area contributed by atoms with Gasteiger partial charge in [0.25, 0.3) is 5.91 Å². The van der Waals surface area contributed by atoms with Crippen molar-refractivity contribution >= 4 is 23.6 Å². The third-order valence-electron chi connectivity index (χ3n) is 4.82. The number of rotatable bonds is 8. The molecule has 7 nitrogen and oxygen atoms in total. The zero-order valence-electron chi connectivity index (χ0n) is 19.6. The minimum atomic E-state index is -0.971. The van der Waals surface area contributed by atoms with Crippen molar-refractivity contribution < 1.29 is 28.5 Å². The summed E-state index contributed by atoms with van der Waals surface area (Å²) >= 11 is 0. The molecule has 0 saturated carbocycles. The number of nitrogens with one attached hydrogen (secondary N) is 1. The molecule has 2 aromatic carbocycles. The number of carbonyl (C=O) groups excluding carboxylic acids is 2. The number of benzene rings is 2. The highest BCUT2D eigenvalue weighted by atomic mass is 16.5. The number of esters is 1. The average Bonchev–Trinajstić information content (AvgIpc) is 2.76. The van der Waals surface area contributed by atoms with E-state index in [2.05, 4.69) is 26.1 Å². The third kappa shape index (κ3) is 6.51. The van der Waals surface area contributed by atoms with Crippen molar-refractivity contribution in [3.63, 3.8) is 0 Å². The van der Waals surface area contributed by atoms with Gasteiger partial charge in [0.2, 0.25) is 0 Å². The monoisotopic (exact) mass is 441 g/mol. The molecule has 0 radical (unpaired) electrons. The van der Waals surface area contributed by atoms with Crippen molar-refractivity contribution in [2.75, 3.05) is 26.6 Å². The normalized spacial score (nSPS) is 12.2. The number of ether oxygens (including phenoxy) is 4. The Kier molecular flexibility index (Phi) is 8.29. The lowest BCUT2D eigenvalue weighted by molar-refractivity contribution is -0.148. The highest BCUT2D eigenvalue weighted by Crippen LogP contribution is 2.35. The Morgan fingerprint density at radius 2 is 1.47 bits per heavy atom. The Morgan fingerprint density at radius 3 is 2.00 bits per heavy atom. The summed E-state index contributed by atoms with van der Waals surface area (Å²) in [6.07, 6.45) is 1.78. The van der Waals surface area contributed by atoms with Gasteiger partial charge in [-0.15, -0.1) is 0 Å². The number of amides is 1. The highest BCUT2D eigenvalue weighted by Gasteiger charge is 2.18. The van der Waals surface area contributed by atoms with Crippen molar-refractivity contribution in [3.8, 4) is 17.2 Å². The Morgan fingerprint density at radius 1 is 0.906 bits per heavy atom. The average molecular weight is 442 g/mol. The summed E-state index contributed by atoms with van der Waals surface area (Å²) in [6, 6.07) is 10.9. The summed E-state index contributed by atoms with van der Waals surface area (Å²) in [5.74, 6) is 0.416. The lowest BCUT2D eigenvalue weighted by Crippen LogP contribution is -2.29. The molecule has 1 N–H and O–H groups in total. The van der Waals surface area contributed by atoms with E-state index in [-0.39, 0.29) is 5.41 Å². The molecule has 2 rings (SSSR count). The standard InChI is InChI=1S/C25H31NO6/c1-16(24(28)26-19-11-9-18(10-12-19)25(2,3)4)32-23(27)13-8-17-14-21(30-6)22(31-7)15-20(17)29-5/h8-16H,1-7H3,(H,26,28)/b13-8+/t16-/m0/s1. The fourth-order valence-electron chi connectivity index (χ4n) is 2.91. The predicted octanol–water partition coefficient (Wildman–Crippen LogP) is 4.59. The lowest BCUT2D eigenvalue weighted by atomic mass is 9.87. The van der Waals surface area contributed by atoms with Crippen LogP contribution < -0.4 is 19.5 Å². The molecule has 32 heavy (non-hydrogen) atoms. The summed E-state index contributed by atoms with van der Waals surface area (Å²) in [5, 5.41) is 2.75. The molecule has 0 bridgehead atoms. The molecule has 0 aliphatic heterocycles. The Hall–Kier alpha value is -3.48. The fourth-order valence-corrected chi connectivity index (χ4v) is 2.91. The molecule has 0 aromatic heterocycles. The van der Waals surface area contributed by atoms with Crippen LogP contribution in [0.15, 0.2) is 42.5 Å². The summed E-state index contributed by atoms with van der Waals surface area (Å²) in [7, 11) is 4.55. The van der Waals surface area contributed by atoms with Crippen LogP contribution in [-0.2, 0) is 19.7 Å². The van der Waals surface area contributed by atoms with Gasteiger partial charge in [-0.2, -0.15) is 0 Å². The summed E-state index contributed by atoms with van der Waals surface area (Å²) < 4.78 is 21.1. The molecule has 0 saturated heterocycles. The van der Waals surface area contributed by atoms with Gasteiger partial charge in [-0.25, -0.2) is 4.79 Å². The molecule has 0 aliphatic carbocycles. The molecule has 172 valence electrons. The van der Waals surface area contributed by atoms with Crippen molar-refractivity contribution in [1.29, 1.82) is 0 Å². The first-order valence-electron chi connectivity index (χ1n) is 10.2.